The van der Waals surface area contributed by atoms with E-state index >= 15 is 0 Å². The number of carboxylic acids is 3. The van der Waals surface area contributed by atoms with Crippen molar-refractivity contribution in [3.63, 3.8) is 0 Å². The van der Waals surface area contributed by atoms with E-state index in [2.05, 4.69) is 0 Å². The number of anilines is 1. The van der Waals surface area contributed by atoms with Crippen LogP contribution in [0.5, 0.6) is 0 Å². The summed E-state index contributed by atoms with van der Waals surface area (Å²) in [6.07, 6.45) is 1.85. The molecule has 112 valence electrons. The molecule has 2 amide bonds. The predicted molar refractivity (Wildman–Crippen MR) is 69.0 cm³/mol. The Balaban J connectivity index is 2.76. The van der Waals surface area contributed by atoms with Gasteiger partial charge in [0, 0.05) is 12.2 Å². The van der Waals surface area contributed by atoms with Crippen LogP contribution in [0.1, 0.15) is 31.1 Å². The zero-order valence-corrected chi connectivity index (χ0v) is 10.6. The maximum atomic E-state index is 11.6. The lowest BCUT2D eigenvalue weighted by Gasteiger charge is -2.16. The summed E-state index contributed by atoms with van der Waals surface area (Å²) in [5, 5.41) is 27.1. The van der Waals surface area contributed by atoms with Gasteiger partial charge in [-0.25, -0.2) is 19.3 Å². The molecular weight excluding hydrogens is 298 g/mol. The molecule has 0 saturated carbocycles. The maximum absolute atomic E-state index is 11.6. The van der Waals surface area contributed by atoms with Crippen molar-refractivity contribution in [1.82, 2.24) is 0 Å². The summed E-state index contributed by atoms with van der Waals surface area (Å²) in [6.45, 7) is 0. The van der Waals surface area contributed by atoms with Crippen LogP contribution in [-0.4, -0.2) is 45.0 Å². The first kappa shape index (κ1) is 14.9. The van der Waals surface area contributed by atoms with Crippen LogP contribution in [0.3, 0.4) is 0 Å². The lowest BCUT2D eigenvalue weighted by atomic mass is 9.99. The van der Waals surface area contributed by atoms with E-state index in [0.717, 1.165) is 24.3 Å². The largest absolute Gasteiger partial charge is 0.478 e. The van der Waals surface area contributed by atoms with Crippen molar-refractivity contribution in [2.75, 3.05) is 4.90 Å². The minimum absolute atomic E-state index is 0.334. The summed E-state index contributed by atoms with van der Waals surface area (Å²) in [5.41, 5.74) is -2.94. The van der Waals surface area contributed by atoms with Gasteiger partial charge in [-0.1, -0.05) is 0 Å². The molecule has 1 aliphatic heterocycles. The van der Waals surface area contributed by atoms with Gasteiger partial charge < -0.3 is 15.3 Å². The molecule has 0 aliphatic carbocycles. The number of nitrogens with zero attached hydrogens (tertiary/aromatic N) is 1. The summed E-state index contributed by atoms with van der Waals surface area (Å²) < 4.78 is 0. The predicted octanol–water partition coefficient (Wildman–Crippen LogP) is 0.211. The Morgan fingerprint density at radius 2 is 1.18 bits per heavy atom. The zero-order chi connectivity index (χ0) is 16.6. The molecule has 1 aromatic carbocycles. The molecule has 9 heteroatoms. The summed E-state index contributed by atoms with van der Waals surface area (Å²) >= 11 is 0. The van der Waals surface area contributed by atoms with Gasteiger partial charge in [0.2, 0.25) is 0 Å². The Kier molecular flexibility index (Phi) is 3.47. The number of carbonyl (C=O) groups excluding carboxylic acids is 2. The standard InChI is InChI=1S/C13H7NO8/c15-8-1-2-9(16)14(8)5-3-6(11(17)18)10(13(21)22)7(4-5)12(19)20/h1-4H,(H,17,18)(H,19,20)(H,21,22). The van der Waals surface area contributed by atoms with Gasteiger partial charge in [-0.05, 0) is 12.1 Å². The number of benzene rings is 1. The molecule has 0 unspecified atom stereocenters. The Morgan fingerprint density at radius 1 is 0.773 bits per heavy atom. The second-order valence-electron chi connectivity index (χ2n) is 4.18. The molecule has 9 nitrogen and oxygen atoms in total. The highest BCUT2D eigenvalue weighted by atomic mass is 16.4. The third-order valence-electron chi connectivity index (χ3n) is 2.87. The van der Waals surface area contributed by atoms with Crippen LogP contribution >= 0.6 is 0 Å². The number of hydrogen-bond donors (Lipinski definition) is 3. The minimum Gasteiger partial charge on any atom is -0.478 e. The van der Waals surface area contributed by atoms with Gasteiger partial charge in [-0.2, -0.15) is 0 Å². The Labute approximate surface area is 121 Å². The molecule has 0 bridgehead atoms. The van der Waals surface area contributed by atoms with Crippen molar-refractivity contribution in [3.8, 4) is 0 Å². The molecule has 0 radical (unpaired) electrons. The van der Waals surface area contributed by atoms with E-state index in [4.69, 9.17) is 15.3 Å². The quantitative estimate of drug-likeness (QED) is 0.668. The lowest BCUT2D eigenvalue weighted by molar-refractivity contribution is -0.120. The number of carbonyl (C=O) groups is 5. The van der Waals surface area contributed by atoms with Gasteiger partial charge >= 0.3 is 17.9 Å². The van der Waals surface area contributed by atoms with Crippen LogP contribution in [0.25, 0.3) is 0 Å². The van der Waals surface area contributed by atoms with Gasteiger partial charge in [-0.15, -0.1) is 0 Å². The lowest BCUT2D eigenvalue weighted by Crippen LogP contribution is -2.30. The average Bonchev–Trinajstić information content (AvgIpc) is 2.76. The van der Waals surface area contributed by atoms with E-state index in [0.29, 0.717) is 4.90 Å². The van der Waals surface area contributed by atoms with Crippen molar-refractivity contribution in [2.24, 2.45) is 0 Å². The van der Waals surface area contributed by atoms with Crippen LogP contribution in [-0.2, 0) is 9.59 Å². The summed E-state index contributed by atoms with van der Waals surface area (Å²) in [6, 6.07) is 1.53. The number of aromatic carboxylic acids is 3. The summed E-state index contributed by atoms with van der Waals surface area (Å²) in [5.74, 6) is -6.73. The molecule has 1 aliphatic rings. The molecular formula is C13H7NO8. The van der Waals surface area contributed by atoms with Gasteiger partial charge in [0.25, 0.3) is 11.8 Å². The normalized spacial score (nSPS) is 13.5. The number of amides is 2. The van der Waals surface area contributed by atoms with Gasteiger partial charge in [0.1, 0.15) is 0 Å². The van der Waals surface area contributed by atoms with Crippen molar-refractivity contribution >= 4 is 35.4 Å². The highest BCUT2D eigenvalue weighted by Gasteiger charge is 2.31. The molecule has 22 heavy (non-hydrogen) atoms. The number of imide groups is 1. The van der Waals surface area contributed by atoms with Crippen molar-refractivity contribution < 1.29 is 39.3 Å². The first-order chi connectivity index (χ1) is 10.2. The van der Waals surface area contributed by atoms with E-state index in [1.807, 2.05) is 0 Å². The van der Waals surface area contributed by atoms with Gasteiger partial charge in [0.15, 0.2) is 0 Å². The smallest absolute Gasteiger partial charge is 0.337 e. The topological polar surface area (TPSA) is 149 Å². The van der Waals surface area contributed by atoms with E-state index in [9.17, 15) is 24.0 Å². The molecule has 0 fully saturated rings. The second kappa shape index (κ2) is 5.13. The summed E-state index contributed by atoms with van der Waals surface area (Å²) in [4.78, 5) is 57.2. The average molecular weight is 305 g/mol. The van der Waals surface area contributed by atoms with Crippen molar-refractivity contribution in [2.45, 2.75) is 0 Å². The molecule has 3 N–H and O–H groups in total. The van der Waals surface area contributed by atoms with Gasteiger partial charge in [-0.3, -0.25) is 9.59 Å². The van der Waals surface area contributed by atoms with Crippen molar-refractivity contribution in [3.05, 3.63) is 41.0 Å². The molecule has 2 rings (SSSR count). The fourth-order valence-electron chi connectivity index (χ4n) is 1.98. The highest BCUT2D eigenvalue weighted by molar-refractivity contribution is 6.28. The first-order valence-corrected chi connectivity index (χ1v) is 5.68. The molecule has 0 atom stereocenters. The Bertz CT molecular complexity index is 723. The maximum Gasteiger partial charge on any atom is 0.337 e. The number of hydrogen-bond acceptors (Lipinski definition) is 5. The van der Waals surface area contributed by atoms with Crippen LogP contribution in [0.2, 0.25) is 0 Å². The fraction of sp³-hybridized carbons (Fsp3) is 0. The highest BCUT2D eigenvalue weighted by Crippen LogP contribution is 2.26. The third-order valence-corrected chi connectivity index (χ3v) is 2.87. The minimum atomic E-state index is -1.75. The van der Waals surface area contributed by atoms with Crippen LogP contribution < -0.4 is 4.90 Å². The molecule has 1 heterocycles. The first-order valence-electron chi connectivity index (χ1n) is 5.68. The van der Waals surface area contributed by atoms with E-state index in [-0.39, 0.29) is 5.69 Å². The van der Waals surface area contributed by atoms with Gasteiger partial charge in [0.05, 0.1) is 22.4 Å². The van der Waals surface area contributed by atoms with Crippen LogP contribution in [0.4, 0.5) is 5.69 Å². The zero-order valence-electron chi connectivity index (χ0n) is 10.6. The number of rotatable bonds is 4. The Hall–Kier alpha value is -3.49. The van der Waals surface area contributed by atoms with E-state index in [1.54, 1.807) is 0 Å². The summed E-state index contributed by atoms with van der Waals surface area (Å²) in [7, 11) is 0. The van der Waals surface area contributed by atoms with E-state index in [1.165, 1.54) is 0 Å². The molecule has 0 saturated heterocycles. The SMILES string of the molecule is O=C(O)c1cc(N2C(=O)C=CC2=O)cc(C(=O)O)c1C(=O)O. The second-order valence-corrected chi connectivity index (χ2v) is 4.18. The fourth-order valence-corrected chi connectivity index (χ4v) is 1.98. The van der Waals surface area contributed by atoms with Crippen LogP contribution in [0, 0.1) is 0 Å². The monoisotopic (exact) mass is 305 g/mol. The molecule has 0 aromatic heterocycles. The Morgan fingerprint density at radius 3 is 1.50 bits per heavy atom. The molecule has 0 spiro atoms. The van der Waals surface area contributed by atoms with Crippen molar-refractivity contribution in [1.29, 1.82) is 0 Å². The molecule has 1 aromatic rings. The number of carboxylic acid groups (broad SMARTS) is 3. The van der Waals surface area contributed by atoms with Crippen LogP contribution in [0.15, 0.2) is 24.3 Å². The van der Waals surface area contributed by atoms with E-state index < -0.39 is 46.4 Å². The third kappa shape index (κ3) is 2.30.